The molecule has 94 valence electrons. The Morgan fingerprint density at radius 1 is 1.38 bits per heavy atom. The predicted octanol–water partition coefficient (Wildman–Crippen LogP) is 2.07. The molecule has 16 heavy (non-hydrogen) atoms. The highest BCUT2D eigenvalue weighted by molar-refractivity contribution is 5.81. The monoisotopic (exact) mass is 226 g/mol. The highest BCUT2D eigenvalue weighted by atomic mass is 16.2. The Labute approximate surface area is 99.4 Å². The Kier molecular flexibility index (Phi) is 6.46. The number of carbonyl (C=O) groups is 1. The van der Waals surface area contributed by atoms with Gasteiger partial charge in [0.15, 0.2) is 0 Å². The van der Waals surface area contributed by atoms with Gasteiger partial charge >= 0.3 is 0 Å². The highest BCUT2D eigenvalue weighted by Crippen LogP contribution is 2.07. The Morgan fingerprint density at radius 2 is 2.19 bits per heavy atom. The standard InChI is InChI=1S/C13H26N2O/c1-11(2)7-3-5-10-15-13(16)12-8-4-6-9-14-12/h11-12,14H,3-10H2,1-2H3,(H,15,16). The highest BCUT2D eigenvalue weighted by Gasteiger charge is 2.19. The molecular weight excluding hydrogens is 200 g/mol. The lowest BCUT2D eigenvalue weighted by molar-refractivity contribution is -0.123. The largest absolute Gasteiger partial charge is 0.355 e. The summed E-state index contributed by atoms with van der Waals surface area (Å²) in [5.74, 6) is 0.972. The number of rotatable bonds is 6. The Hall–Kier alpha value is -0.570. The van der Waals surface area contributed by atoms with Crippen LogP contribution in [0.25, 0.3) is 0 Å². The van der Waals surface area contributed by atoms with E-state index < -0.39 is 0 Å². The summed E-state index contributed by atoms with van der Waals surface area (Å²) >= 11 is 0. The summed E-state index contributed by atoms with van der Waals surface area (Å²) in [6.07, 6.45) is 6.97. The molecule has 0 radical (unpaired) electrons. The maximum atomic E-state index is 11.7. The molecule has 0 bridgehead atoms. The summed E-state index contributed by atoms with van der Waals surface area (Å²) in [6.45, 7) is 6.31. The molecule has 0 aromatic rings. The van der Waals surface area contributed by atoms with E-state index in [-0.39, 0.29) is 11.9 Å². The number of carbonyl (C=O) groups excluding carboxylic acids is 1. The maximum Gasteiger partial charge on any atom is 0.237 e. The van der Waals surface area contributed by atoms with Gasteiger partial charge in [-0.1, -0.05) is 33.1 Å². The van der Waals surface area contributed by atoms with Crippen molar-refractivity contribution < 1.29 is 4.79 Å². The van der Waals surface area contributed by atoms with Crippen LogP contribution in [-0.4, -0.2) is 25.0 Å². The van der Waals surface area contributed by atoms with Crippen molar-refractivity contribution in [2.24, 2.45) is 5.92 Å². The summed E-state index contributed by atoms with van der Waals surface area (Å²) < 4.78 is 0. The lowest BCUT2D eigenvalue weighted by atomic mass is 10.0. The van der Waals surface area contributed by atoms with E-state index in [1.807, 2.05) is 0 Å². The van der Waals surface area contributed by atoms with Crippen molar-refractivity contribution in [1.82, 2.24) is 10.6 Å². The van der Waals surface area contributed by atoms with Crippen molar-refractivity contribution in [3.8, 4) is 0 Å². The van der Waals surface area contributed by atoms with Crippen LogP contribution in [0.15, 0.2) is 0 Å². The summed E-state index contributed by atoms with van der Waals surface area (Å²) in [6, 6.07) is 0.0684. The SMILES string of the molecule is CC(C)CCCCNC(=O)C1CCCCN1. The number of nitrogens with one attached hydrogen (secondary N) is 2. The van der Waals surface area contributed by atoms with Gasteiger partial charge in [-0.2, -0.15) is 0 Å². The van der Waals surface area contributed by atoms with Crippen molar-refractivity contribution in [2.45, 2.75) is 58.4 Å². The van der Waals surface area contributed by atoms with Crippen LogP contribution in [0.3, 0.4) is 0 Å². The number of piperidine rings is 1. The average Bonchev–Trinajstić information content (AvgIpc) is 2.29. The van der Waals surface area contributed by atoms with Crippen LogP contribution in [0.4, 0.5) is 0 Å². The van der Waals surface area contributed by atoms with Crippen molar-refractivity contribution in [2.75, 3.05) is 13.1 Å². The smallest absolute Gasteiger partial charge is 0.237 e. The van der Waals surface area contributed by atoms with Crippen LogP contribution in [0.5, 0.6) is 0 Å². The van der Waals surface area contributed by atoms with E-state index in [9.17, 15) is 4.79 Å². The quantitative estimate of drug-likeness (QED) is 0.681. The minimum atomic E-state index is 0.0684. The molecule has 0 aromatic heterocycles. The Morgan fingerprint density at radius 3 is 2.81 bits per heavy atom. The van der Waals surface area contributed by atoms with Crippen LogP contribution >= 0.6 is 0 Å². The topological polar surface area (TPSA) is 41.1 Å². The van der Waals surface area contributed by atoms with E-state index >= 15 is 0 Å². The molecule has 0 aromatic carbocycles. The second kappa shape index (κ2) is 7.66. The normalized spacial score (nSPS) is 21.1. The first-order valence-electron chi connectivity index (χ1n) is 6.71. The molecule has 1 unspecified atom stereocenters. The fourth-order valence-electron chi connectivity index (χ4n) is 2.09. The molecule has 1 atom stereocenters. The lowest BCUT2D eigenvalue weighted by Crippen LogP contribution is -2.46. The first-order chi connectivity index (χ1) is 7.70. The van der Waals surface area contributed by atoms with Gasteiger partial charge in [-0.3, -0.25) is 4.79 Å². The molecule has 1 fully saturated rings. The number of unbranched alkanes of at least 4 members (excludes halogenated alkanes) is 1. The summed E-state index contributed by atoms with van der Waals surface area (Å²) in [4.78, 5) is 11.7. The van der Waals surface area contributed by atoms with E-state index in [4.69, 9.17) is 0 Å². The van der Waals surface area contributed by atoms with E-state index in [1.54, 1.807) is 0 Å². The molecule has 0 saturated carbocycles. The first-order valence-corrected chi connectivity index (χ1v) is 6.71. The van der Waals surface area contributed by atoms with Gasteiger partial charge in [0.25, 0.3) is 0 Å². The maximum absolute atomic E-state index is 11.7. The molecular formula is C13H26N2O. The van der Waals surface area contributed by atoms with Crippen LogP contribution < -0.4 is 10.6 Å². The average molecular weight is 226 g/mol. The van der Waals surface area contributed by atoms with Crippen molar-refractivity contribution >= 4 is 5.91 Å². The zero-order valence-corrected chi connectivity index (χ0v) is 10.7. The van der Waals surface area contributed by atoms with Crippen LogP contribution in [0.1, 0.15) is 52.4 Å². The van der Waals surface area contributed by atoms with Gasteiger partial charge in [0.05, 0.1) is 6.04 Å². The molecule has 1 amide bonds. The molecule has 1 aliphatic rings. The molecule has 0 spiro atoms. The summed E-state index contributed by atoms with van der Waals surface area (Å²) in [7, 11) is 0. The lowest BCUT2D eigenvalue weighted by Gasteiger charge is -2.22. The first kappa shape index (κ1) is 13.5. The van der Waals surface area contributed by atoms with Gasteiger partial charge in [-0.25, -0.2) is 0 Å². The Bertz CT molecular complexity index is 198. The fourth-order valence-corrected chi connectivity index (χ4v) is 2.09. The van der Waals surface area contributed by atoms with E-state index in [0.29, 0.717) is 0 Å². The molecule has 1 aliphatic heterocycles. The molecule has 0 aliphatic carbocycles. The van der Waals surface area contributed by atoms with Crippen molar-refractivity contribution in [3.05, 3.63) is 0 Å². The van der Waals surface area contributed by atoms with Gasteiger partial charge < -0.3 is 10.6 Å². The fraction of sp³-hybridized carbons (Fsp3) is 0.923. The number of amides is 1. The Balaban J connectivity index is 2.01. The van der Waals surface area contributed by atoms with Crippen LogP contribution in [0, 0.1) is 5.92 Å². The molecule has 1 heterocycles. The summed E-state index contributed by atoms with van der Waals surface area (Å²) in [5.41, 5.74) is 0. The number of hydrogen-bond acceptors (Lipinski definition) is 2. The molecule has 2 N–H and O–H groups in total. The van der Waals surface area contributed by atoms with Gasteiger partial charge in [-0.05, 0) is 31.7 Å². The predicted molar refractivity (Wildman–Crippen MR) is 67.3 cm³/mol. The molecule has 1 rings (SSSR count). The molecule has 1 saturated heterocycles. The minimum Gasteiger partial charge on any atom is -0.355 e. The van der Waals surface area contributed by atoms with Crippen LogP contribution in [0.2, 0.25) is 0 Å². The third-order valence-electron chi connectivity index (χ3n) is 3.13. The van der Waals surface area contributed by atoms with Gasteiger partial charge in [0, 0.05) is 6.54 Å². The third kappa shape index (κ3) is 5.50. The van der Waals surface area contributed by atoms with E-state index in [2.05, 4.69) is 24.5 Å². The van der Waals surface area contributed by atoms with Gasteiger partial charge in [0.2, 0.25) is 5.91 Å². The van der Waals surface area contributed by atoms with Crippen molar-refractivity contribution in [3.63, 3.8) is 0 Å². The second-order valence-electron chi connectivity index (χ2n) is 5.18. The van der Waals surface area contributed by atoms with Crippen molar-refractivity contribution in [1.29, 1.82) is 0 Å². The second-order valence-corrected chi connectivity index (χ2v) is 5.18. The van der Waals surface area contributed by atoms with Gasteiger partial charge in [0.1, 0.15) is 0 Å². The molecule has 3 heteroatoms. The van der Waals surface area contributed by atoms with E-state index in [0.717, 1.165) is 31.8 Å². The molecule has 3 nitrogen and oxygen atoms in total. The van der Waals surface area contributed by atoms with E-state index in [1.165, 1.54) is 25.7 Å². The van der Waals surface area contributed by atoms with Gasteiger partial charge in [-0.15, -0.1) is 0 Å². The zero-order chi connectivity index (χ0) is 11.8. The van der Waals surface area contributed by atoms with Crippen LogP contribution in [-0.2, 0) is 4.79 Å². The zero-order valence-electron chi connectivity index (χ0n) is 10.7. The minimum absolute atomic E-state index is 0.0684. The number of hydrogen-bond donors (Lipinski definition) is 2. The third-order valence-corrected chi connectivity index (χ3v) is 3.13. The summed E-state index contributed by atoms with van der Waals surface area (Å²) in [5, 5.41) is 6.29.